The van der Waals surface area contributed by atoms with Crippen LogP contribution in [0.15, 0.2) is 24.3 Å². The second kappa shape index (κ2) is 5.95. The molecule has 7 heteroatoms. The minimum absolute atomic E-state index is 0.0311. The van der Waals surface area contributed by atoms with Gasteiger partial charge in [-0.05, 0) is 30.3 Å². The van der Waals surface area contributed by atoms with Gasteiger partial charge in [0.05, 0.1) is 0 Å². The van der Waals surface area contributed by atoms with Crippen molar-refractivity contribution < 1.29 is 22.4 Å². The number of carbonyl (C=O) groups excluding carboxylic acids is 1. The normalized spacial score (nSPS) is 13.0. The van der Waals surface area contributed by atoms with Crippen molar-refractivity contribution in [2.24, 2.45) is 0 Å². The molecule has 3 nitrogen and oxygen atoms in total. The van der Waals surface area contributed by atoms with Crippen LogP contribution in [0, 0.1) is 0 Å². The van der Waals surface area contributed by atoms with Crippen LogP contribution in [0.3, 0.4) is 0 Å². The van der Waals surface area contributed by atoms with Crippen LogP contribution >= 0.6 is 0 Å². The van der Waals surface area contributed by atoms with Crippen molar-refractivity contribution in [2.45, 2.75) is 45.1 Å². The number of rotatable bonds is 3. The van der Waals surface area contributed by atoms with Crippen LogP contribution in [-0.2, 0) is 4.79 Å². The molecule has 0 bridgehead atoms. The van der Waals surface area contributed by atoms with Crippen LogP contribution in [0.1, 0.15) is 20.8 Å². The predicted octanol–water partition coefficient (Wildman–Crippen LogP) is 4.60. The lowest BCUT2D eigenvalue weighted by atomic mass is 10.2. The van der Waals surface area contributed by atoms with E-state index in [1.807, 2.05) is 13.1 Å². The Hall–Kier alpha value is -1.50. The average molecular weight is 333 g/mol. The molecule has 0 aromatic heterocycles. The van der Waals surface area contributed by atoms with Gasteiger partial charge in [-0.15, -0.1) is 0 Å². The van der Waals surface area contributed by atoms with Crippen LogP contribution in [0.4, 0.5) is 18.9 Å². The number of hydrogen-bond donors (Lipinski definition) is 0. The molecule has 0 fully saturated rings. The van der Waals surface area contributed by atoms with Crippen LogP contribution in [0.2, 0.25) is 18.1 Å². The number of nitrogens with zero attached hydrogens (tertiary/aromatic N) is 1. The van der Waals surface area contributed by atoms with E-state index in [4.69, 9.17) is 4.43 Å². The molecular formula is C15H22F3NO2Si. The lowest BCUT2D eigenvalue weighted by Crippen LogP contribution is -2.44. The topological polar surface area (TPSA) is 29.5 Å². The molecule has 0 spiro atoms. The average Bonchev–Trinajstić information content (AvgIpc) is 2.34. The Kier molecular flexibility index (Phi) is 5.01. The Morgan fingerprint density at radius 2 is 1.73 bits per heavy atom. The monoisotopic (exact) mass is 333 g/mol. The van der Waals surface area contributed by atoms with Crippen molar-refractivity contribution in [3.8, 4) is 5.75 Å². The standard InChI is InChI=1S/C15H22F3NO2Si/c1-14(2,3)22(5,6)21-12-9-7-8-11(10-12)19(4)13(20)15(16,17)18/h7-10H,1-6H3. The summed E-state index contributed by atoms with van der Waals surface area (Å²) in [6.45, 7) is 10.3. The molecule has 0 atom stereocenters. The van der Waals surface area contributed by atoms with E-state index >= 15 is 0 Å². The number of carbonyl (C=O) groups is 1. The molecule has 1 aromatic carbocycles. The third kappa shape index (κ3) is 4.25. The van der Waals surface area contributed by atoms with E-state index in [9.17, 15) is 18.0 Å². The zero-order chi connectivity index (χ0) is 17.3. The summed E-state index contributed by atoms with van der Waals surface area (Å²) < 4.78 is 43.5. The van der Waals surface area contributed by atoms with E-state index in [1.54, 1.807) is 12.1 Å². The highest BCUT2D eigenvalue weighted by atomic mass is 28.4. The highest BCUT2D eigenvalue weighted by Gasteiger charge is 2.42. The summed E-state index contributed by atoms with van der Waals surface area (Å²) in [4.78, 5) is 11.9. The Labute approximate surface area is 130 Å². The molecule has 1 amide bonds. The summed E-state index contributed by atoms with van der Waals surface area (Å²) in [7, 11) is -0.994. The van der Waals surface area contributed by atoms with Crippen LogP contribution < -0.4 is 9.33 Å². The smallest absolute Gasteiger partial charge is 0.471 e. The summed E-state index contributed by atoms with van der Waals surface area (Å²) >= 11 is 0. The van der Waals surface area contributed by atoms with Crippen molar-refractivity contribution in [1.29, 1.82) is 0 Å². The second-order valence-electron chi connectivity index (χ2n) is 6.72. The maximum absolute atomic E-state index is 12.5. The first kappa shape index (κ1) is 18.5. The fraction of sp³-hybridized carbons (Fsp3) is 0.533. The molecule has 1 aromatic rings. The highest BCUT2D eigenvalue weighted by Crippen LogP contribution is 2.38. The summed E-state index contributed by atoms with van der Waals surface area (Å²) in [5.41, 5.74) is 0.151. The zero-order valence-corrected chi connectivity index (χ0v) is 14.7. The van der Waals surface area contributed by atoms with Gasteiger partial charge in [0.15, 0.2) is 0 Å². The van der Waals surface area contributed by atoms with Gasteiger partial charge >= 0.3 is 12.1 Å². The van der Waals surface area contributed by atoms with E-state index in [0.717, 1.165) is 7.05 Å². The summed E-state index contributed by atoms with van der Waals surface area (Å²) in [5.74, 6) is -1.43. The third-order valence-electron chi connectivity index (χ3n) is 3.93. The van der Waals surface area contributed by atoms with E-state index in [1.165, 1.54) is 12.1 Å². The van der Waals surface area contributed by atoms with Crippen LogP contribution in [-0.4, -0.2) is 27.4 Å². The fourth-order valence-corrected chi connectivity index (χ4v) is 2.53. The van der Waals surface area contributed by atoms with E-state index in [-0.39, 0.29) is 10.7 Å². The first-order chi connectivity index (χ1) is 9.75. The molecule has 0 aliphatic rings. The molecule has 0 aliphatic heterocycles. The number of halogens is 3. The minimum atomic E-state index is -4.90. The number of hydrogen-bond acceptors (Lipinski definition) is 2. The van der Waals surface area contributed by atoms with Gasteiger partial charge in [-0.25, -0.2) is 0 Å². The number of alkyl halides is 3. The van der Waals surface area contributed by atoms with Gasteiger partial charge in [0, 0.05) is 18.8 Å². The zero-order valence-electron chi connectivity index (χ0n) is 13.7. The minimum Gasteiger partial charge on any atom is -0.543 e. The molecule has 0 radical (unpaired) electrons. The molecule has 0 saturated heterocycles. The second-order valence-corrected chi connectivity index (χ2v) is 11.4. The van der Waals surface area contributed by atoms with Crippen molar-refractivity contribution in [1.82, 2.24) is 0 Å². The summed E-state index contributed by atoms with van der Waals surface area (Å²) in [5, 5.41) is -0.0311. The summed E-state index contributed by atoms with van der Waals surface area (Å²) in [6.07, 6.45) is -4.90. The van der Waals surface area contributed by atoms with Crippen molar-refractivity contribution in [2.75, 3.05) is 11.9 Å². The van der Waals surface area contributed by atoms with Gasteiger partial charge in [0.1, 0.15) is 5.75 Å². The van der Waals surface area contributed by atoms with Crippen molar-refractivity contribution in [3.63, 3.8) is 0 Å². The van der Waals surface area contributed by atoms with E-state index in [0.29, 0.717) is 10.6 Å². The van der Waals surface area contributed by atoms with Gasteiger partial charge in [-0.1, -0.05) is 26.8 Å². The van der Waals surface area contributed by atoms with E-state index in [2.05, 4.69) is 20.8 Å². The van der Waals surface area contributed by atoms with E-state index < -0.39 is 20.4 Å². The molecule has 0 N–H and O–H groups in total. The third-order valence-corrected chi connectivity index (χ3v) is 8.29. The number of benzene rings is 1. The lowest BCUT2D eigenvalue weighted by molar-refractivity contribution is -0.170. The Morgan fingerprint density at radius 3 is 2.18 bits per heavy atom. The molecule has 22 heavy (non-hydrogen) atoms. The Bertz CT molecular complexity index is 550. The maximum atomic E-state index is 12.5. The van der Waals surface area contributed by atoms with Gasteiger partial charge in [-0.3, -0.25) is 4.79 Å². The van der Waals surface area contributed by atoms with Crippen molar-refractivity contribution in [3.05, 3.63) is 24.3 Å². The first-order valence-corrected chi connectivity index (χ1v) is 9.80. The van der Waals surface area contributed by atoms with Crippen LogP contribution in [0.25, 0.3) is 0 Å². The van der Waals surface area contributed by atoms with Gasteiger partial charge in [-0.2, -0.15) is 13.2 Å². The maximum Gasteiger partial charge on any atom is 0.471 e. The molecule has 0 saturated carbocycles. The summed E-state index contributed by atoms with van der Waals surface area (Å²) in [6, 6.07) is 6.18. The molecule has 0 unspecified atom stereocenters. The largest absolute Gasteiger partial charge is 0.543 e. The highest BCUT2D eigenvalue weighted by molar-refractivity contribution is 6.74. The van der Waals surface area contributed by atoms with Gasteiger partial charge < -0.3 is 9.33 Å². The molecule has 1 rings (SSSR count). The van der Waals surface area contributed by atoms with Gasteiger partial charge in [0.2, 0.25) is 8.32 Å². The fourth-order valence-electron chi connectivity index (χ4n) is 1.51. The van der Waals surface area contributed by atoms with Crippen molar-refractivity contribution >= 4 is 19.9 Å². The van der Waals surface area contributed by atoms with Crippen LogP contribution in [0.5, 0.6) is 5.75 Å². The molecule has 0 aliphatic carbocycles. The molecule has 124 valence electrons. The lowest BCUT2D eigenvalue weighted by Gasteiger charge is -2.36. The predicted molar refractivity (Wildman–Crippen MR) is 83.7 cm³/mol. The number of amides is 1. The number of anilines is 1. The molecular weight excluding hydrogens is 311 g/mol. The Morgan fingerprint density at radius 1 is 1.18 bits per heavy atom. The Balaban J connectivity index is 3.03. The van der Waals surface area contributed by atoms with Gasteiger partial charge in [0.25, 0.3) is 0 Å². The molecule has 0 heterocycles. The SMILES string of the molecule is CN(C(=O)C(F)(F)F)c1cccc(O[Si](C)(C)C(C)(C)C)c1. The quantitative estimate of drug-likeness (QED) is 0.757. The first-order valence-electron chi connectivity index (χ1n) is 6.90.